The van der Waals surface area contributed by atoms with E-state index in [2.05, 4.69) is 4.74 Å². The third kappa shape index (κ3) is 3.88. The Labute approximate surface area is 124 Å². The van der Waals surface area contributed by atoms with Gasteiger partial charge in [-0.25, -0.2) is 4.39 Å². The van der Waals surface area contributed by atoms with Gasteiger partial charge in [-0.15, -0.1) is 13.2 Å². The lowest BCUT2D eigenvalue weighted by atomic mass is 9.99. The van der Waals surface area contributed by atoms with Crippen LogP contribution in [-0.2, 0) is 0 Å². The van der Waals surface area contributed by atoms with Crippen molar-refractivity contribution < 1.29 is 27.0 Å². The van der Waals surface area contributed by atoms with Crippen molar-refractivity contribution >= 4 is 0 Å². The van der Waals surface area contributed by atoms with E-state index in [4.69, 9.17) is 10.5 Å². The van der Waals surface area contributed by atoms with Crippen molar-refractivity contribution in [1.29, 1.82) is 0 Å². The number of methoxy groups -OCH3 is 1. The van der Waals surface area contributed by atoms with E-state index in [1.807, 2.05) is 0 Å². The predicted molar refractivity (Wildman–Crippen MR) is 72.1 cm³/mol. The first kappa shape index (κ1) is 16.1. The molecule has 118 valence electrons. The monoisotopic (exact) mass is 315 g/mol. The maximum atomic E-state index is 13.9. The molecule has 0 saturated heterocycles. The Kier molecular flexibility index (Phi) is 4.56. The standard InChI is InChI=1S/C15H13F4NO2/c1-21-11-6-7-12(13(16)8-11)14(20)9-2-4-10(5-3-9)22-15(17,18)19/h2-8,14H,20H2,1H3/t14-/m0/s1. The van der Waals surface area contributed by atoms with E-state index in [1.54, 1.807) is 6.07 Å². The van der Waals surface area contributed by atoms with E-state index in [9.17, 15) is 17.6 Å². The molecule has 22 heavy (non-hydrogen) atoms. The van der Waals surface area contributed by atoms with Crippen molar-refractivity contribution in [2.24, 2.45) is 5.73 Å². The quantitative estimate of drug-likeness (QED) is 0.873. The van der Waals surface area contributed by atoms with E-state index >= 15 is 0 Å². The number of halogens is 4. The molecule has 0 aromatic heterocycles. The highest BCUT2D eigenvalue weighted by Crippen LogP contribution is 2.28. The van der Waals surface area contributed by atoms with Crippen molar-refractivity contribution in [2.45, 2.75) is 12.4 Å². The molecule has 0 fully saturated rings. The fourth-order valence-electron chi connectivity index (χ4n) is 1.94. The molecule has 2 aromatic carbocycles. The third-order valence-corrected chi connectivity index (χ3v) is 3.02. The highest BCUT2D eigenvalue weighted by atomic mass is 19.4. The second kappa shape index (κ2) is 6.23. The first-order valence-electron chi connectivity index (χ1n) is 6.25. The van der Waals surface area contributed by atoms with Gasteiger partial charge in [0.25, 0.3) is 0 Å². The Hall–Kier alpha value is -2.28. The van der Waals surface area contributed by atoms with Crippen LogP contribution in [0.2, 0.25) is 0 Å². The minimum atomic E-state index is -4.76. The highest BCUT2D eigenvalue weighted by molar-refractivity contribution is 5.38. The number of rotatable bonds is 4. The van der Waals surface area contributed by atoms with Gasteiger partial charge in [-0.05, 0) is 23.8 Å². The maximum absolute atomic E-state index is 13.9. The van der Waals surface area contributed by atoms with Gasteiger partial charge in [0.15, 0.2) is 0 Å². The topological polar surface area (TPSA) is 44.5 Å². The molecule has 2 aromatic rings. The molecular weight excluding hydrogens is 302 g/mol. The summed E-state index contributed by atoms with van der Waals surface area (Å²) in [5.74, 6) is -0.566. The van der Waals surface area contributed by atoms with Gasteiger partial charge in [0.2, 0.25) is 0 Å². The van der Waals surface area contributed by atoms with Gasteiger partial charge < -0.3 is 15.2 Å². The van der Waals surface area contributed by atoms with Crippen molar-refractivity contribution in [3.63, 3.8) is 0 Å². The minimum absolute atomic E-state index is 0.213. The van der Waals surface area contributed by atoms with Gasteiger partial charge >= 0.3 is 6.36 Å². The van der Waals surface area contributed by atoms with Crippen LogP contribution >= 0.6 is 0 Å². The Morgan fingerprint density at radius 3 is 2.09 bits per heavy atom. The van der Waals surface area contributed by atoms with Crippen LogP contribution in [-0.4, -0.2) is 13.5 Å². The largest absolute Gasteiger partial charge is 0.573 e. The molecule has 0 spiro atoms. The predicted octanol–water partition coefficient (Wildman–Crippen LogP) is 3.78. The van der Waals surface area contributed by atoms with Crippen molar-refractivity contribution in [3.05, 3.63) is 59.4 Å². The van der Waals surface area contributed by atoms with Gasteiger partial charge in [-0.1, -0.05) is 18.2 Å². The lowest BCUT2D eigenvalue weighted by molar-refractivity contribution is -0.274. The molecule has 1 atom stereocenters. The van der Waals surface area contributed by atoms with Crippen LogP contribution < -0.4 is 15.2 Å². The summed E-state index contributed by atoms with van der Waals surface area (Å²) in [4.78, 5) is 0. The van der Waals surface area contributed by atoms with E-state index in [0.717, 1.165) is 12.1 Å². The van der Waals surface area contributed by atoms with Crippen molar-refractivity contribution in [1.82, 2.24) is 0 Å². The van der Waals surface area contributed by atoms with E-state index in [-0.39, 0.29) is 11.3 Å². The highest BCUT2D eigenvalue weighted by Gasteiger charge is 2.31. The van der Waals surface area contributed by atoms with Crippen LogP contribution in [0.1, 0.15) is 17.2 Å². The molecule has 0 bridgehead atoms. The lowest BCUT2D eigenvalue weighted by Gasteiger charge is -2.15. The second-order valence-corrected chi connectivity index (χ2v) is 4.48. The zero-order valence-electron chi connectivity index (χ0n) is 11.5. The molecule has 0 aliphatic carbocycles. The smallest absolute Gasteiger partial charge is 0.497 e. The number of hydrogen-bond donors (Lipinski definition) is 1. The van der Waals surface area contributed by atoms with Crippen molar-refractivity contribution in [3.8, 4) is 11.5 Å². The zero-order chi connectivity index (χ0) is 16.3. The SMILES string of the molecule is COc1ccc([C@@H](N)c2ccc(OC(F)(F)F)cc2)c(F)c1. The van der Waals surface area contributed by atoms with Gasteiger partial charge in [0.05, 0.1) is 13.2 Å². The summed E-state index contributed by atoms with van der Waals surface area (Å²) in [5.41, 5.74) is 6.61. The first-order valence-corrected chi connectivity index (χ1v) is 6.25. The molecule has 2 N–H and O–H groups in total. The first-order chi connectivity index (χ1) is 10.3. The summed E-state index contributed by atoms with van der Waals surface area (Å²) in [6, 6.07) is 8.37. The van der Waals surface area contributed by atoms with Gasteiger partial charge in [-0.2, -0.15) is 0 Å². The van der Waals surface area contributed by atoms with Gasteiger partial charge in [0, 0.05) is 11.6 Å². The lowest BCUT2D eigenvalue weighted by Crippen LogP contribution is -2.17. The molecule has 0 unspecified atom stereocenters. The van der Waals surface area contributed by atoms with Crippen LogP contribution in [0.15, 0.2) is 42.5 Å². The normalized spacial score (nSPS) is 12.8. The Morgan fingerprint density at radius 1 is 1.00 bits per heavy atom. The average molecular weight is 315 g/mol. The Balaban J connectivity index is 2.21. The van der Waals surface area contributed by atoms with Crippen LogP contribution in [0, 0.1) is 5.82 Å². The number of hydrogen-bond acceptors (Lipinski definition) is 3. The summed E-state index contributed by atoms with van der Waals surface area (Å²) in [5, 5.41) is 0. The Morgan fingerprint density at radius 2 is 1.59 bits per heavy atom. The van der Waals surface area contributed by atoms with E-state index in [0.29, 0.717) is 11.3 Å². The van der Waals surface area contributed by atoms with Crippen LogP contribution in [0.4, 0.5) is 17.6 Å². The fourth-order valence-corrected chi connectivity index (χ4v) is 1.94. The van der Waals surface area contributed by atoms with Crippen LogP contribution in [0.25, 0.3) is 0 Å². The number of nitrogens with two attached hydrogens (primary N) is 1. The fraction of sp³-hybridized carbons (Fsp3) is 0.200. The molecule has 0 aliphatic heterocycles. The third-order valence-electron chi connectivity index (χ3n) is 3.02. The number of ether oxygens (including phenoxy) is 2. The van der Waals surface area contributed by atoms with Gasteiger partial charge in [0.1, 0.15) is 17.3 Å². The maximum Gasteiger partial charge on any atom is 0.573 e. The molecule has 0 saturated carbocycles. The number of benzene rings is 2. The molecular formula is C15H13F4NO2. The summed E-state index contributed by atoms with van der Waals surface area (Å²) < 4.78 is 58.8. The van der Waals surface area contributed by atoms with E-state index in [1.165, 1.54) is 31.4 Å². The molecule has 0 radical (unpaired) electrons. The van der Waals surface area contributed by atoms with Crippen LogP contribution in [0.5, 0.6) is 11.5 Å². The molecule has 2 rings (SSSR count). The van der Waals surface area contributed by atoms with Gasteiger partial charge in [-0.3, -0.25) is 0 Å². The van der Waals surface area contributed by atoms with Crippen LogP contribution in [0.3, 0.4) is 0 Å². The number of alkyl halides is 3. The Bertz CT molecular complexity index is 641. The van der Waals surface area contributed by atoms with Crippen molar-refractivity contribution in [2.75, 3.05) is 7.11 Å². The zero-order valence-corrected chi connectivity index (χ0v) is 11.5. The summed E-state index contributed by atoms with van der Waals surface area (Å²) in [7, 11) is 1.41. The molecule has 0 amide bonds. The minimum Gasteiger partial charge on any atom is -0.497 e. The summed E-state index contributed by atoms with van der Waals surface area (Å²) >= 11 is 0. The molecule has 0 aliphatic rings. The molecule has 3 nitrogen and oxygen atoms in total. The molecule has 7 heteroatoms. The average Bonchev–Trinajstić information content (AvgIpc) is 2.45. The summed E-state index contributed by atoms with van der Waals surface area (Å²) in [6.07, 6.45) is -4.76. The molecule has 0 heterocycles. The summed E-state index contributed by atoms with van der Waals surface area (Å²) in [6.45, 7) is 0. The second-order valence-electron chi connectivity index (χ2n) is 4.48. The van der Waals surface area contributed by atoms with E-state index < -0.39 is 18.2 Å².